The summed E-state index contributed by atoms with van der Waals surface area (Å²) in [4.78, 5) is 6.74. The van der Waals surface area contributed by atoms with Crippen LogP contribution in [0.1, 0.15) is 30.6 Å². The molecule has 0 radical (unpaired) electrons. The molecule has 0 amide bonds. The molecule has 0 bridgehead atoms. The lowest BCUT2D eigenvalue weighted by atomic mass is 10.1. The number of hydrogen-bond donors (Lipinski definition) is 2. The van der Waals surface area contributed by atoms with Gasteiger partial charge in [0.15, 0.2) is 5.96 Å². The minimum atomic E-state index is 0. The summed E-state index contributed by atoms with van der Waals surface area (Å²) < 4.78 is 11.4. The molecule has 0 saturated carbocycles. The van der Waals surface area contributed by atoms with Gasteiger partial charge >= 0.3 is 0 Å². The zero-order valence-electron chi connectivity index (χ0n) is 18.5. The quantitative estimate of drug-likeness (QED) is 0.219. The van der Waals surface area contributed by atoms with Crippen LogP contribution in [-0.4, -0.2) is 52.5 Å². The number of hydrogen-bond acceptors (Lipinski definition) is 4. The van der Waals surface area contributed by atoms with Crippen molar-refractivity contribution in [2.45, 2.75) is 26.0 Å². The van der Waals surface area contributed by atoms with E-state index < -0.39 is 0 Å². The third-order valence-electron chi connectivity index (χ3n) is 5.26. The summed E-state index contributed by atoms with van der Waals surface area (Å²) in [5.41, 5.74) is 3.75. The zero-order valence-corrected chi connectivity index (χ0v) is 20.9. The van der Waals surface area contributed by atoms with Crippen LogP contribution in [0.4, 0.5) is 5.69 Å². The average molecular weight is 538 g/mol. The Labute approximate surface area is 203 Å². The Balaban J connectivity index is 0.00000341. The second kappa shape index (κ2) is 14.3. The maximum Gasteiger partial charge on any atom is 0.191 e. The van der Waals surface area contributed by atoms with Crippen molar-refractivity contribution < 1.29 is 9.47 Å². The first-order valence-corrected chi connectivity index (χ1v) is 10.8. The number of rotatable bonds is 9. The highest BCUT2D eigenvalue weighted by molar-refractivity contribution is 14.0. The standard InChI is InChI=1S/C24H34N4O2.HI/c1-20(21-9-4-3-5-10-21)30-16-8-13-26-24(25-2)27-19-22-11-6-7-12-23(22)28-14-17-29-18-15-28;/h3-7,9-12,20H,8,13-19H2,1-2H3,(H2,25,26,27);1H. The third kappa shape index (κ3) is 8.31. The number of guanidine groups is 1. The Morgan fingerprint density at radius 3 is 2.52 bits per heavy atom. The maximum absolute atomic E-state index is 5.94. The van der Waals surface area contributed by atoms with Crippen molar-refractivity contribution >= 4 is 35.6 Å². The van der Waals surface area contributed by atoms with E-state index in [1.54, 1.807) is 7.05 Å². The van der Waals surface area contributed by atoms with Crippen LogP contribution in [0.15, 0.2) is 59.6 Å². The van der Waals surface area contributed by atoms with Gasteiger partial charge < -0.3 is 25.0 Å². The molecule has 6 nitrogen and oxygen atoms in total. The van der Waals surface area contributed by atoms with E-state index in [0.717, 1.165) is 51.8 Å². The van der Waals surface area contributed by atoms with E-state index in [0.29, 0.717) is 6.61 Å². The van der Waals surface area contributed by atoms with Crippen molar-refractivity contribution in [2.24, 2.45) is 4.99 Å². The lowest BCUT2D eigenvalue weighted by molar-refractivity contribution is 0.0646. The molecule has 1 heterocycles. The molecule has 31 heavy (non-hydrogen) atoms. The number of para-hydroxylation sites is 1. The largest absolute Gasteiger partial charge is 0.378 e. The number of nitrogens with zero attached hydrogens (tertiary/aromatic N) is 2. The summed E-state index contributed by atoms with van der Waals surface area (Å²) in [7, 11) is 1.80. The monoisotopic (exact) mass is 538 g/mol. The molecule has 2 aromatic carbocycles. The van der Waals surface area contributed by atoms with Crippen molar-refractivity contribution in [3.63, 3.8) is 0 Å². The first kappa shape index (κ1) is 25.4. The number of anilines is 1. The highest BCUT2D eigenvalue weighted by atomic mass is 127. The molecule has 1 atom stereocenters. The van der Waals surface area contributed by atoms with Gasteiger partial charge in [0.2, 0.25) is 0 Å². The van der Waals surface area contributed by atoms with Crippen LogP contribution in [0.3, 0.4) is 0 Å². The molecule has 1 saturated heterocycles. The topological polar surface area (TPSA) is 58.1 Å². The SMILES string of the molecule is CN=C(NCCCOC(C)c1ccccc1)NCc1ccccc1N1CCOCC1.I. The predicted molar refractivity (Wildman–Crippen MR) is 139 cm³/mol. The number of benzene rings is 2. The van der Waals surface area contributed by atoms with Crippen molar-refractivity contribution in [3.05, 3.63) is 65.7 Å². The fourth-order valence-corrected chi connectivity index (χ4v) is 3.53. The molecule has 0 spiro atoms. The van der Waals surface area contributed by atoms with Crippen LogP contribution in [-0.2, 0) is 16.0 Å². The molecule has 170 valence electrons. The fourth-order valence-electron chi connectivity index (χ4n) is 3.53. The molecule has 1 fully saturated rings. The molecule has 2 N–H and O–H groups in total. The summed E-state index contributed by atoms with van der Waals surface area (Å²) in [6.45, 7) is 7.79. The summed E-state index contributed by atoms with van der Waals surface area (Å²) >= 11 is 0. The zero-order chi connectivity index (χ0) is 21.0. The van der Waals surface area contributed by atoms with Gasteiger partial charge in [-0.1, -0.05) is 48.5 Å². The van der Waals surface area contributed by atoms with E-state index in [1.807, 2.05) is 18.2 Å². The Morgan fingerprint density at radius 1 is 1.06 bits per heavy atom. The van der Waals surface area contributed by atoms with Crippen molar-refractivity contribution in [1.29, 1.82) is 0 Å². The molecule has 1 aliphatic rings. The molecule has 0 aromatic heterocycles. The third-order valence-corrected chi connectivity index (χ3v) is 5.26. The Hall–Kier alpha value is -1.84. The summed E-state index contributed by atoms with van der Waals surface area (Å²) in [6.07, 6.45) is 1.03. The van der Waals surface area contributed by atoms with E-state index in [4.69, 9.17) is 9.47 Å². The van der Waals surface area contributed by atoms with E-state index in [1.165, 1.54) is 16.8 Å². The Bertz CT molecular complexity index is 782. The van der Waals surface area contributed by atoms with Gasteiger partial charge in [0.25, 0.3) is 0 Å². The Morgan fingerprint density at radius 2 is 1.77 bits per heavy atom. The van der Waals surface area contributed by atoms with Crippen LogP contribution in [0, 0.1) is 0 Å². The van der Waals surface area contributed by atoms with Gasteiger partial charge in [0, 0.05) is 45.5 Å². The van der Waals surface area contributed by atoms with Crippen LogP contribution < -0.4 is 15.5 Å². The fraction of sp³-hybridized carbons (Fsp3) is 0.458. The van der Waals surface area contributed by atoms with Gasteiger partial charge in [0.1, 0.15) is 0 Å². The summed E-state index contributed by atoms with van der Waals surface area (Å²) in [5.74, 6) is 0.808. The lowest BCUT2D eigenvalue weighted by Crippen LogP contribution is -2.39. The van der Waals surface area contributed by atoms with Crippen LogP contribution >= 0.6 is 24.0 Å². The smallest absolute Gasteiger partial charge is 0.191 e. The van der Waals surface area contributed by atoms with E-state index >= 15 is 0 Å². The van der Waals surface area contributed by atoms with Gasteiger partial charge in [0.05, 0.1) is 19.3 Å². The van der Waals surface area contributed by atoms with Gasteiger partial charge in [-0.2, -0.15) is 0 Å². The van der Waals surface area contributed by atoms with E-state index in [-0.39, 0.29) is 30.1 Å². The number of nitrogens with one attached hydrogen (secondary N) is 2. The molecule has 7 heteroatoms. The highest BCUT2D eigenvalue weighted by Gasteiger charge is 2.14. The van der Waals surface area contributed by atoms with Crippen LogP contribution in [0.5, 0.6) is 0 Å². The average Bonchev–Trinajstić information content (AvgIpc) is 2.82. The Kier molecular flexibility index (Phi) is 11.7. The second-order valence-electron chi connectivity index (χ2n) is 7.36. The molecule has 1 unspecified atom stereocenters. The summed E-state index contributed by atoms with van der Waals surface area (Å²) in [5, 5.41) is 6.81. The predicted octanol–water partition coefficient (Wildman–Crippen LogP) is 3.97. The number of aliphatic imine (C=N–C) groups is 1. The lowest BCUT2D eigenvalue weighted by Gasteiger charge is -2.30. The first-order chi connectivity index (χ1) is 14.8. The highest BCUT2D eigenvalue weighted by Crippen LogP contribution is 2.21. The number of ether oxygens (including phenoxy) is 2. The molecular weight excluding hydrogens is 503 g/mol. The van der Waals surface area contributed by atoms with Crippen molar-refractivity contribution in [1.82, 2.24) is 10.6 Å². The first-order valence-electron chi connectivity index (χ1n) is 10.8. The second-order valence-corrected chi connectivity index (χ2v) is 7.36. The minimum Gasteiger partial charge on any atom is -0.378 e. The van der Waals surface area contributed by atoms with Gasteiger partial charge in [-0.05, 0) is 30.5 Å². The number of morpholine rings is 1. The molecule has 1 aliphatic heterocycles. The van der Waals surface area contributed by atoms with Crippen LogP contribution in [0.2, 0.25) is 0 Å². The maximum atomic E-state index is 5.94. The molecule has 0 aliphatic carbocycles. The van der Waals surface area contributed by atoms with Crippen molar-refractivity contribution in [3.8, 4) is 0 Å². The van der Waals surface area contributed by atoms with Crippen molar-refractivity contribution in [2.75, 3.05) is 51.4 Å². The normalized spacial score (nSPS) is 15.2. The molecule has 2 aromatic rings. The van der Waals surface area contributed by atoms with Gasteiger partial charge in [-0.15, -0.1) is 24.0 Å². The minimum absolute atomic E-state index is 0. The van der Waals surface area contributed by atoms with E-state index in [2.05, 4.69) is 63.8 Å². The molecular formula is C24H35IN4O2. The van der Waals surface area contributed by atoms with Crippen LogP contribution in [0.25, 0.3) is 0 Å². The van der Waals surface area contributed by atoms with E-state index in [9.17, 15) is 0 Å². The summed E-state index contributed by atoms with van der Waals surface area (Å²) in [6, 6.07) is 18.9. The molecule has 3 rings (SSSR count). The number of halogens is 1. The van der Waals surface area contributed by atoms with Gasteiger partial charge in [-0.25, -0.2) is 0 Å². The van der Waals surface area contributed by atoms with Gasteiger partial charge in [-0.3, -0.25) is 4.99 Å².